The van der Waals surface area contributed by atoms with Crippen molar-refractivity contribution in [1.82, 2.24) is 4.90 Å². The van der Waals surface area contributed by atoms with E-state index in [4.69, 9.17) is 4.74 Å². The van der Waals surface area contributed by atoms with Crippen molar-refractivity contribution in [2.75, 3.05) is 13.7 Å². The van der Waals surface area contributed by atoms with Crippen molar-refractivity contribution in [3.8, 4) is 5.75 Å². The van der Waals surface area contributed by atoms with Crippen molar-refractivity contribution in [3.63, 3.8) is 0 Å². The second-order valence-corrected chi connectivity index (χ2v) is 6.89. The average molecular weight is 399 g/mol. The zero-order valence-corrected chi connectivity index (χ0v) is 15.9. The average Bonchev–Trinajstić information content (AvgIpc) is 2.99. The fraction of sp³-hybridized carbons (Fsp3) is 0.350. The van der Waals surface area contributed by atoms with Gasteiger partial charge in [0.25, 0.3) is 17.3 Å². The Hall–Kier alpha value is -3.49. The van der Waals surface area contributed by atoms with Gasteiger partial charge in [-0.2, -0.15) is 0 Å². The van der Waals surface area contributed by atoms with Crippen LogP contribution in [0.4, 0.5) is 11.4 Å². The normalized spacial score (nSPS) is 16.7. The summed E-state index contributed by atoms with van der Waals surface area (Å²) in [5.41, 5.74) is -0.0657. The van der Waals surface area contributed by atoms with Gasteiger partial charge in [0.15, 0.2) is 0 Å². The van der Waals surface area contributed by atoms with Gasteiger partial charge in [0.1, 0.15) is 5.75 Å². The number of hydrogen-bond acceptors (Lipinski definition) is 6. The Balaban J connectivity index is 1.99. The van der Waals surface area contributed by atoms with Gasteiger partial charge < -0.3 is 9.64 Å². The predicted molar refractivity (Wildman–Crippen MR) is 105 cm³/mol. The van der Waals surface area contributed by atoms with Gasteiger partial charge in [0, 0.05) is 18.7 Å². The van der Waals surface area contributed by atoms with Crippen LogP contribution >= 0.6 is 0 Å². The summed E-state index contributed by atoms with van der Waals surface area (Å²) in [6.45, 7) is 0.478. The Morgan fingerprint density at radius 3 is 2.17 bits per heavy atom. The van der Waals surface area contributed by atoms with Crippen LogP contribution < -0.4 is 4.74 Å². The molecule has 9 nitrogen and oxygen atoms in total. The Kier molecular flexibility index (Phi) is 6.06. The number of carbonyl (C=O) groups is 1. The minimum Gasteiger partial charge on any atom is -0.497 e. The Morgan fingerprint density at radius 1 is 1.00 bits per heavy atom. The molecule has 2 aromatic rings. The summed E-state index contributed by atoms with van der Waals surface area (Å²) in [5, 5.41) is 22.3. The van der Waals surface area contributed by atoms with Gasteiger partial charge in [0.2, 0.25) is 0 Å². The third-order valence-electron chi connectivity index (χ3n) is 5.09. The molecule has 1 aliphatic rings. The molecule has 0 aromatic heterocycles. The topological polar surface area (TPSA) is 116 Å². The third-order valence-corrected chi connectivity index (χ3v) is 5.09. The predicted octanol–water partition coefficient (Wildman–Crippen LogP) is 4.27. The molecule has 0 saturated carbocycles. The van der Waals surface area contributed by atoms with Crippen molar-refractivity contribution in [2.24, 2.45) is 0 Å². The highest BCUT2D eigenvalue weighted by Crippen LogP contribution is 2.33. The van der Waals surface area contributed by atoms with Crippen molar-refractivity contribution in [2.45, 2.75) is 31.7 Å². The number of amides is 1. The smallest absolute Gasteiger partial charge is 0.277 e. The molecular weight excluding hydrogens is 378 g/mol. The molecule has 3 rings (SSSR count). The molecule has 0 N–H and O–H groups in total. The van der Waals surface area contributed by atoms with E-state index in [1.54, 1.807) is 12.0 Å². The van der Waals surface area contributed by atoms with Crippen LogP contribution in [0.15, 0.2) is 42.5 Å². The molecule has 29 heavy (non-hydrogen) atoms. The number of likely N-dealkylation sites (tertiary alicyclic amines) is 1. The van der Waals surface area contributed by atoms with Gasteiger partial charge in [-0.15, -0.1) is 0 Å². The number of ether oxygens (including phenoxy) is 1. The van der Waals surface area contributed by atoms with Crippen LogP contribution in [-0.4, -0.2) is 34.3 Å². The lowest BCUT2D eigenvalue weighted by Gasteiger charge is -2.30. The summed E-state index contributed by atoms with van der Waals surface area (Å²) < 4.78 is 5.19. The summed E-state index contributed by atoms with van der Waals surface area (Å²) in [6, 6.07) is 10.3. The van der Waals surface area contributed by atoms with Crippen LogP contribution in [0.2, 0.25) is 0 Å². The highest BCUT2D eigenvalue weighted by molar-refractivity contribution is 5.96. The van der Waals surface area contributed by atoms with Gasteiger partial charge >= 0.3 is 0 Å². The van der Waals surface area contributed by atoms with E-state index in [9.17, 15) is 25.0 Å². The standard InChI is InChI=1S/C20H21N3O6/c1-29-18-8-6-14(7-9-18)19-5-3-2-4-10-21(19)20(24)15-11-16(22(25)26)13-17(12-15)23(27)28/h6-9,11-13,19H,2-5,10H2,1H3. The SMILES string of the molecule is COc1ccc(C2CCCCCN2C(=O)c2cc([N+](=O)[O-])cc([N+](=O)[O-])c2)cc1. The Morgan fingerprint density at radius 2 is 1.62 bits per heavy atom. The number of hydrogen-bond donors (Lipinski definition) is 0. The van der Waals surface area contributed by atoms with Crippen LogP contribution in [-0.2, 0) is 0 Å². The molecule has 152 valence electrons. The molecule has 0 aliphatic carbocycles. The van der Waals surface area contributed by atoms with Gasteiger partial charge in [-0.1, -0.05) is 25.0 Å². The summed E-state index contributed by atoms with van der Waals surface area (Å²) in [6.07, 6.45) is 3.45. The summed E-state index contributed by atoms with van der Waals surface area (Å²) in [4.78, 5) is 35.8. The first-order valence-electron chi connectivity index (χ1n) is 9.29. The van der Waals surface area contributed by atoms with Crippen LogP contribution in [0.1, 0.15) is 47.6 Å². The number of non-ortho nitro benzene ring substituents is 2. The third kappa shape index (κ3) is 4.50. The number of carbonyl (C=O) groups excluding carboxylic acids is 1. The first-order chi connectivity index (χ1) is 13.9. The molecule has 1 heterocycles. The summed E-state index contributed by atoms with van der Waals surface area (Å²) >= 11 is 0. The monoisotopic (exact) mass is 399 g/mol. The van der Waals surface area contributed by atoms with Crippen molar-refractivity contribution in [3.05, 3.63) is 73.8 Å². The number of methoxy groups -OCH3 is 1. The summed E-state index contributed by atoms with van der Waals surface area (Å²) in [7, 11) is 1.58. The lowest BCUT2D eigenvalue weighted by atomic mass is 9.99. The molecule has 1 saturated heterocycles. The quantitative estimate of drug-likeness (QED) is 0.548. The number of benzene rings is 2. The van der Waals surface area contributed by atoms with Gasteiger partial charge in [-0.25, -0.2) is 0 Å². The molecule has 1 atom stereocenters. The molecule has 9 heteroatoms. The highest BCUT2D eigenvalue weighted by atomic mass is 16.6. The van der Waals surface area contributed by atoms with E-state index in [1.807, 2.05) is 24.3 Å². The molecule has 0 spiro atoms. The van der Waals surface area contributed by atoms with Crippen molar-refractivity contribution < 1.29 is 19.4 Å². The number of rotatable bonds is 5. The minimum absolute atomic E-state index is 0.0497. The molecule has 2 aromatic carbocycles. The fourth-order valence-electron chi connectivity index (χ4n) is 3.62. The Bertz CT molecular complexity index is 896. The maximum atomic E-state index is 13.3. The maximum absolute atomic E-state index is 13.3. The van der Waals surface area contributed by atoms with Crippen molar-refractivity contribution >= 4 is 17.3 Å². The zero-order chi connectivity index (χ0) is 21.0. The van der Waals surface area contributed by atoms with E-state index in [1.165, 1.54) is 0 Å². The number of nitro groups is 2. The zero-order valence-electron chi connectivity index (χ0n) is 15.9. The first kappa shape index (κ1) is 20.2. The van der Waals surface area contributed by atoms with E-state index in [2.05, 4.69) is 0 Å². The molecule has 1 unspecified atom stereocenters. The lowest BCUT2D eigenvalue weighted by Crippen LogP contribution is -2.34. The molecule has 0 bridgehead atoms. The minimum atomic E-state index is -0.729. The van der Waals surface area contributed by atoms with Gasteiger partial charge in [0.05, 0.1) is 34.6 Å². The van der Waals surface area contributed by atoms with Gasteiger partial charge in [-0.3, -0.25) is 25.0 Å². The van der Waals surface area contributed by atoms with E-state index in [0.29, 0.717) is 12.3 Å². The lowest BCUT2D eigenvalue weighted by molar-refractivity contribution is -0.394. The number of nitro benzene ring substituents is 2. The second-order valence-electron chi connectivity index (χ2n) is 6.89. The molecular formula is C20H21N3O6. The highest BCUT2D eigenvalue weighted by Gasteiger charge is 2.30. The van der Waals surface area contributed by atoms with Crippen LogP contribution in [0.5, 0.6) is 5.75 Å². The maximum Gasteiger partial charge on any atom is 0.277 e. The summed E-state index contributed by atoms with van der Waals surface area (Å²) in [5.74, 6) is 0.258. The van der Waals surface area contributed by atoms with E-state index < -0.39 is 27.1 Å². The van der Waals surface area contributed by atoms with Crippen molar-refractivity contribution in [1.29, 1.82) is 0 Å². The van der Waals surface area contributed by atoms with E-state index >= 15 is 0 Å². The van der Waals surface area contributed by atoms with Gasteiger partial charge in [-0.05, 0) is 30.5 Å². The number of nitrogens with zero attached hydrogens (tertiary/aromatic N) is 3. The van der Waals surface area contributed by atoms with Crippen LogP contribution in [0.25, 0.3) is 0 Å². The molecule has 0 radical (unpaired) electrons. The van der Waals surface area contributed by atoms with Crippen LogP contribution in [0, 0.1) is 20.2 Å². The molecule has 1 aliphatic heterocycles. The second kappa shape index (κ2) is 8.68. The van der Waals surface area contributed by atoms with E-state index in [-0.39, 0.29) is 11.6 Å². The fourth-order valence-corrected chi connectivity index (χ4v) is 3.62. The van der Waals surface area contributed by atoms with E-state index in [0.717, 1.165) is 49.4 Å². The first-order valence-corrected chi connectivity index (χ1v) is 9.29. The Labute approximate surface area is 167 Å². The molecule has 1 fully saturated rings. The van der Waals surface area contributed by atoms with Crippen LogP contribution in [0.3, 0.4) is 0 Å². The largest absolute Gasteiger partial charge is 0.497 e. The molecule has 1 amide bonds.